The lowest BCUT2D eigenvalue weighted by Gasteiger charge is -2.14. The lowest BCUT2D eigenvalue weighted by Crippen LogP contribution is -2.21. The number of esters is 1. The molecule has 0 radical (unpaired) electrons. The van der Waals surface area contributed by atoms with E-state index < -0.39 is 17.5 Å². The normalized spacial score (nSPS) is 10.9. The van der Waals surface area contributed by atoms with Gasteiger partial charge < -0.3 is 19.6 Å². The Hall–Kier alpha value is -3.61. The van der Waals surface area contributed by atoms with Crippen LogP contribution in [0.3, 0.4) is 0 Å². The third-order valence-electron chi connectivity index (χ3n) is 4.67. The van der Waals surface area contributed by atoms with Crippen molar-refractivity contribution in [2.75, 3.05) is 6.61 Å². The number of nitrogens with two attached hydrogens (primary N) is 1. The number of ether oxygens (including phenoxy) is 2. The Morgan fingerprint density at radius 1 is 1.13 bits per heavy atom. The molecule has 0 bridgehead atoms. The Kier molecular flexibility index (Phi) is 6.20. The number of hydrogen-bond donors (Lipinski definition) is 1. The first-order chi connectivity index (χ1) is 14.3. The van der Waals surface area contributed by atoms with E-state index >= 15 is 0 Å². The van der Waals surface area contributed by atoms with Gasteiger partial charge in [-0.05, 0) is 48.2 Å². The Labute approximate surface area is 173 Å². The van der Waals surface area contributed by atoms with Crippen molar-refractivity contribution in [1.29, 1.82) is 0 Å². The van der Waals surface area contributed by atoms with Gasteiger partial charge in [0.2, 0.25) is 0 Å². The summed E-state index contributed by atoms with van der Waals surface area (Å²) in [7, 11) is 0. The van der Waals surface area contributed by atoms with Crippen LogP contribution < -0.4 is 16.1 Å². The minimum absolute atomic E-state index is 0.119. The van der Waals surface area contributed by atoms with Crippen LogP contribution in [0.4, 0.5) is 0 Å². The first-order valence-corrected chi connectivity index (χ1v) is 9.50. The van der Waals surface area contributed by atoms with Crippen molar-refractivity contribution in [1.82, 2.24) is 0 Å². The fourth-order valence-corrected chi connectivity index (χ4v) is 3.26. The molecule has 0 aliphatic carbocycles. The number of amides is 1. The van der Waals surface area contributed by atoms with Crippen molar-refractivity contribution in [2.45, 2.75) is 33.3 Å². The molecule has 1 aromatic heterocycles. The molecule has 3 aromatic rings. The van der Waals surface area contributed by atoms with E-state index in [2.05, 4.69) is 13.8 Å². The van der Waals surface area contributed by atoms with Gasteiger partial charge in [0.25, 0.3) is 5.91 Å². The zero-order chi connectivity index (χ0) is 21.8. The topological polar surface area (TPSA) is 109 Å². The molecule has 30 heavy (non-hydrogen) atoms. The maximum absolute atomic E-state index is 12.6. The highest BCUT2D eigenvalue weighted by Gasteiger charge is 2.17. The van der Waals surface area contributed by atoms with Crippen molar-refractivity contribution < 1.29 is 23.5 Å². The molecule has 1 amide bonds. The summed E-state index contributed by atoms with van der Waals surface area (Å²) < 4.78 is 16.0. The summed E-state index contributed by atoms with van der Waals surface area (Å²) in [4.78, 5) is 35.6. The van der Waals surface area contributed by atoms with E-state index in [0.717, 1.165) is 16.5 Å². The molecule has 0 atom stereocenters. The Morgan fingerprint density at radius 2 is 1.87 bits per heavy atom. The number of hydrogen-bond acceptors (Lipinski definition) is 6. The van der Waals surface area contributed by atoms with Crippen LogP contribution in [0.15, 0.2) is 51.7 Å². The Morgan fingerprint density at radius 3 is 2.57 bits per heavy atom. The van der Waals surface area contributed by atoms with Crippen molar-refractivity contribution in [3.8, 4) is 5.75 Å². The van der Waals surface area contributed by atoms with Gasteiger partial charge in [0, 0.05) is 17.0 Å². The number of para-hydroxylation sites is 1. The summed E-state index contributed by atoms with van der Waals surface area (Å²) in [5.41, 5.74) is 7.87. The van der Waals surface area contributed by atoms with Crippen LogP contribution in [0.1, 0.15) is 46.8 Å². The second kappa shape index (κ2) is 8.82. The molecule has 0 aliphatic heterocycles. The summed E-state index contributed by atoms with van der Waals surface area (Å²) >= 11 is 0. The number of primary amides is 1. The quantitative estimate of drug-likeness (QED) is 0.473. The van der Waals surface area contributed by atoms with E-state index in [1.807, 2.05) is 19.1 Å². The summed E-state index contributed by atoms with van der Waals surface area (Å²) in [5, 5.41) is 0.718. The molecule has 0 aliphatic rings. The molecule has 156 valence electrons. The molecule has 1 heterocycles. The van der Waals surface area contributed by atoms with Gasteiger partial charge in [0.15, 0.2) is 6.61 Å². The first kappa shape index (κ1) is 21.1. The predicted molar refractivity (Wildman–Crippen MR) is 112 cm³/mol. The molecular weight excluding hydrogens is 386 g/mol. The van der Waals surface area contributed by atoms with E-state index in [1.165, 1.54) is 12.1 Å². The van der Waals surface area contributed by atoms with Gasteiger partial charge in [0.1, 0.15) is 23.5 Å². The zero-order valence-corrected chi connectivity index (χ0v) is 17.1. The van der Waals surface area contributed by atoms with Crippen LogP contribution >= 0.6 is 0 Å². The number of carbonyl (C=O) groups excluding carboxylic acids is 2. The number of carbonyl (C=O) groups is 2. The fraction of sp³-hybridized carbons (Fsp3) is 0.261. The van der Waals surface area contributed by atoms with Crippen LogP contribution in [0.25, 0.3) is 11.0 Å². The molecule has 0 saturated carbocycles. The predicted octanol–water partition coefficient (Wildman–Crippen LogP) is 3.45. The molecule has 7 heteroatoms. The number of fused-ring (bicyclic) bond motifs is 1. The summed E-state index contributed by atoms with van der Waals surface area (Å²) in [5.74, 6) is -0.827. The second-order valence-corrected chi connectivity index (χ2v) is 7.28. The van der Waals surface area contributed by atoms with Crippen molar-refractivity contribution >= 4 is 22.8 Å². The molecular formula is C23H23NO6. The average Bonchev–Trinajstić information content (AvgIpc) is 2.69. The van der Waals surface area contributed by atoms with Gasteiger partial charge >= 0.3 is 11.6 Å². The van der Waals surface area contributed by atoms with Crippen LogP contribution in [0.2, 0.25) is 0 Å². The Bertz CT molecular complexity index is 1160. The summed E-state index contributed by atoms with van der Waals surface area (Å²) in [6.07, 6.45) is 0. The van der Waals surface area contributed by atoms with Crippen LogP contribution in [-0.2, 0) is 16.1 Å². The van der Waals surface area contributed by atoms with E-state index in [-0.39, 0.29) is 30.4 Å². The molecule has 0 saturated heterocycles. The second-order valence-electron chi connectivity index (χ2n) is 7.28. The molecule has 3 rings (SSSR count). The third kappa shape index (κ3) is 4.68. The molecule has 0 fully saturated rings. The lowest BCUT2D eigenvalue weighted by atomic mass is 9.95. The third-order valence-corrected chi connectivity index (χ3v) is 4.67. The van der Waals surface area contributed by atoms with Crippen LogP contribution in [0, 0.1) is 6.92 Å². The number of aryl methyl sites for hydroxylation is 1. The highest BCUT2D eigenvalue weighted by atomic mass is 16.5. The summed E-state index contributed by atoms with van der Waals surface area (Å²) in [6.45, 7) is 5.65. The van der Waals surface area contributed by atoms with Gasteiger partial charge in [-0.1, -0.05) is 26.0 Å². The van der Waals surface area contributed by atoms with Gasteiger partial charge in [-0.25, -0.2) is 9.59 Å². The largest absolute Gasteiger partial charge is 0.483 e. The van der Waals surface area contributed by atoms with Gasteiger partial charge in [-0.3, -0.25) is 4.79 Å². The number of benzene rings is 2. The SMILES string of the molecule is Cc1cc2oc(=O)cc(COC(=O)c3ccccc3OCC(N)=O)c2cc1C(C)C. The van der Waals surface area contributed by atoms with Crippen LogP contribution in [0.5, 0.6) is 5.75 Å². The smallest absolute Gasteiger partial charge is 0.342 e. The highest BCUT2D eigenvalue weighted by Crippen LogP contribution is 2.27. The molecule has 0 unspecified atom stereocenters. The highest BCUT2D eigenvalue weighted by molar-refractivity contribution is 5.93. The van der Waals surface area contributed by atoms with Crippen molar-refractivity contribution in [2.24, 2.45) is 5.73 Å². The molecule has 0 spiro atoms. The zero-order valence-electron chi connectivity index (χ0n) is 17.1. The monoisotopic (exact) mass is 409 g/mol. The maximum atomic E-state index is 12.6. The lowest BCUT2D eigenvalue weighted by molar-refractivity contribution is -0.119. The van der Waals surface area contributed by atoms with E-state index in [9.17, 15) is 14.4 Å². The van der Waals surface area contributed by atoms with Crippen molar-refractivity contribution in [3.05, 3.63) is 75.1 Å². The average molecular weight is 409 g/mol. The number of rotatable bonds is 7. The molecule has 7 nitrogen and oxygen atoms in total. The van der Waals surface area contributed by atoms with Crippen LogP contribution in [-0.4, -0.2) is 18.5 Å². The summed E-state index contributed by atoms with van der Waals surface area (Å²) in [6, 6.07) is 11.5. The van der Waals surface area contributed by atoms with Crippen molar-refractivity contribution in [3.63, 3.8) is 0 Å². The minimum Gasteiger partial charge on any atom is -0.483 e. The first-order valence-electron chi connectivity index (χ1n) is 9.50. The van der Waals surface area contributed by atoms with Gasteiger partial charge in [0.05, 0.1) is 0 Å². The van der Waals surface area contributed by atoms with Gasteiger partial charge in [-0.2, -0.15) is 0 Å². The van der Waals surface area contributed by atoms with Gasteiger partial charge in [-0.15, -0.1) is 0 Å². The van der Waals surface area contributed by atoms with E-state index in [0.29, 0.717) is 11.1 Å². The standard InChI is InChI=1S/C23H23NO6/c1-13(2)17-10-18-15(9-22(26)30-20(18)8-14(17)3)11-29-23(27)16-6-4-5-7-19(16)28-12-21(24)25/h4-10,13H,11-12H2,1-3H3,(H2,24,25). The minimum atomic E-state index is -0.656. The fourth-order valence-electron chi connectivity index (χ4n) is 3.26. The molecule has 2 N–H and O–H groups in total. The van der Waals surface area contributed by atoms with E-state index in [4.69, 9.17) is 19.6 Å². The molecule has 2 aromatic carbocycles. The maximum Gasteiger partial charge on any atom is 0.342 e. The van der Waals surface area contributed by atoms with E-state index in [1.54, 1.807) is 18.2 Å². The Balaban J connectivity index is 1.89.